The van der Waals surface area contributed by atoms with Gasteiger partial charge in [-0.15, -0.1) is 0 Å². The summed E-state index contributed by atoms with van der Waals surface area (Å²) in [6, 6.07) is 8.57. The second-order valence-corrected chi connectivity index (χ2v) is 6.78. The first-order valence-corrected chi connectivity index (χ1v) is 9.21. The van der Waals surface area contributed by atoms with Crippen molar-refractivity contribution in [3.8, 4) is 0 Å². The summed E-state index contributed by atoms with van der Waals surface area (Å²) in [4.78, 5) is 24.0. The molecule has 6 heteroatoms. The average molecular weight is 349 g/mol. The van der Waals surface area contributed by atoms with Crippen LogP contribution in [0.3, 0.4) is 0 Å². The maximum atomic E-state index is 12.2. The molecule has 3 aromatic rings. The molecule has 2 aromatic heterocycles. The van der Waals surface area contributed by atoms with E-state index < -0.39 is 0 Å². The van der Waals surface area contributed by atoms with E-state index in [1.165, 1.54) is 30.0 Å². The third kappa shape index (κ3) is 3.69. The van der Waals surface area contributed by atoms with E-state index in [9.17, 15) is 4.79 Å². The number of rotatable bonds is 6. The summed E-state index contributed by atoms with van der Waals surface area (Å²) in [5.41, 5.74) is 2.80. The number of aromatic amines is 1. The molecule has 1 aliphatic rings. The Bertz CT molecular complexity index is 881. The molecule has 26 heavy (non-hydrogen) atoms. The second-order valence-electron chi connectivity index (χ2n) is 6.78. The maximum Gasteiger partial charge on any atom is 0.271 e. The molecule has 3 N–H and O–H groups in total. The summed E-state index contributed by atoms with van der Waals surface area (Å²) in [7, 11) is 0. The number of H-pyrrole nitrogens is 1. The first-order valence-electron chi connectivity index (χ1n) is 9.21. The van der Waals surface area contributed by atoms with Crippen molar-refractivity contribution in [1.82, 2.24) is 20.3 Å². The Balaban J connectivity index is 1.30. The lowest BCUT2D eigenvalue weighted by molar-refractivity contribution is 0.0932. The van der Waals surface area contributed by atoms with Gasteiger partial charge in [-0.3, -0.25) is 4.79 Å². The average Bonchev–Trinajstić information content (AvgIpc) is 3.32. The Morgan fingerprint density at radius 2 is 2.00 bits per heavy atom. The van der Waals surface area contributed by atoms with Gasteiger partial charge in [0.25, 0.3) is 5.91 Å². The molecule has 1 aromatic carbocycles. The molecule has 0 bridgehead atoms. The van der Waals surface area contributed by atoms with Crippen molar-refractivity contribution in [3.05, 3.63) is 54.1 Å². The Hall–Kier alpha value is -2.89. The molecule has 0 radical (unpaired) electrons. The van der Waals surface area contributed by atoms with E-state index in [0.29, 0.717) is 17.6 Å². The van der Waals surface area contributed by atoms with Gasteiger partial charge in [-0.2, -0.15) is 0 Å². The number of anilines is 1. The summed E-state index contributed by atoms with van der Waals surface area (Å²) >= 11 is 0. The molecule has 0 aliphatic heterocycles. The van der Waals surface area contributed by atoms with Crippen LogP contribution >= 0.6 is 0 Å². The van der Waals surface area contributed by atoms with Crippen molar-refractivity contribution in [1.29, 1.82) is 0 Å². The molecule has 2 heterocycles. The first-order chi connectivity index (χ1) is 12.8. The molecule has 6 nitrogen and oxygen atoms in total. The standard InChI is InChI=1S/C20H23N5O/c26-20(25-15-5-1-2-6-15)18-12-24-19(13-23-18)21-10-9-14-11-22-17-8-4-3-7-16(14)17/h3-4,7-8,11-13,15,22H,1-2,5-6,9-10H2,(H,21,24)(H,25,26). The van der Waals surface area contributed by atoms with Crippen molar-refractivity contribution in [2.75, 3.05) is 11.9 Å². The highest BCUT2D eigenvalue weighted by Gasteiger charge is 2.18. The zero-order valence-electron chi connectivity index (χ0n) is 14.7. The van der Waals surface area contributed by atoms with E-state index in [0.717, 1.165) is 31.3 Å². The highest BCUT2D eigenvalue weighted by molar-refractivity contribution is 5.92. The number of carbonyl (C=O) groups is 1. The predicted octanol–water partition coefficient (Wildman–Crippen LogP) is 3.28. The molecular formula is C20H23N5O. The number of para-hydroxylation sites is 1. The Morgan fingerprint density at radius 3 is 2.81 bits per heavy atom. The number of nitrogens with one attached hydrogen (secondary N) is 3. The van der Waals surface area contributed by atoms with Gasteiger partial charge in [0.2, 0.25) is 0 Å². The molecule has 1 aliphatic carbocycles. The van der Waals surface area contributed by atoms with Gasteiger partial charge in [-0.05, 0) is 30.9 Å². The van der Waals surface area contributed by atoms with Crippen molar-refractivity contribution in [3.63, 3.8) is 0 Å². The Kier molecular flexibility index (Phi) is 4.82. The lowest BCUT2D eigenvalue weighted by Gasteiger charge is -2.11. The number of amides is 1. The van der Waals surface area contributed by atoms with Gasteiger partial charge in [0.1, 0.15) is 11.5 Å². The number of aromatic nitrogens is 3. The van der Waals surface area contributed by atoms with Crippen LogP contribution < -0.4 is 10.6 Å². The summed E-state index contributed by atoms with van der Waals surface area (Å²) < 4.78 is 0. The molecule has 0 atom stereocenters. The lowest BCUT2D eigenvalue weighted by Crippen LogP contribution is -2.33. The molecule has 4 rings (SSSR count). The van der Waals surface area contributed by atoms with Crippen molar-refractivity contribution < 1.29 is 4.79 Å². The predicted molar refractivity (Wildman–Crippen MR) is 102 cm³/mol. The van der Waals surface area contributed by atoms with Gasteiger partial charge in [0.05, 0.1) is 12.4 Å². The van der Waals surface area contributed by atoms with Gasteiger partial charge < -0.3 is 15.6 Å². The summed E-state index contributed by atoms with van der Waals surface area (Å²) in [5.74, 6) is 0.553. The van der Waals surface area contributed by atoms with Gasteiger partial charge in [0, 0.05) is 29.7 Å². The second kappa shape index (κ2) is 7.56. The summed E-state index contributed by atoms with van der Waals surface area (Å²) in [5, 5.41) is 7.55. The van der Waals surface area contributed by atoms with E-state index in [2.05, 4.69) is 43.9 Å². The number of hydrogen-bond acceptors (Lipinski definition) is 4. The molecule has 0 unspecified atom stereocenters. The van der Waals surface area contributed by atoms with Crippen LogP contribution in [0.4, 0.5) is 5.82 Å². The van der Waals surface area contributed by atoms with E-state index in [4.69, 9.17) is 0 Å². The van der Waals surface area contributed by atoms with Gasteiger partial charge in [-0.25, -0.2) is 9.97 Å². The zero-order chi connectivity index (χ0) is 17.8. The molecule has 1 amide bonds. The number of nitrogens with zero attached hydrogens (tertiary/aromatic N) is 2. The van der Waals surface area contributed by atoms with Crippen molar-refractivity contribution in [2.24, 2.45) is 0 Å². The van der Waals surface area contributed by atoms with Gasteiger partial charge in [0.15, 0.2) is 0 Å². The van der Waals surface area contributed by atoms with E-state index >= 15 is 0 Å². The van der Waals surface area contributed by atoms with Crippen LogP contribution in [0.1, 0.15) is 41.7 Å². The zero-order valence-corrected chi connectivity index (χ0v) is 14.7. The number of carbonyl (C=O) groups excluding carboxylic acids is 1. The van der Waals surface area contributed by atoms with Gasteiger partial charge in [-0.1, -0.05) is 31.0 Å². The maximum absolute atomic E-state index is 12.2. The van der Waals surface area contributed by atoms with Crippen LogP contribution in [0.15, 0.2) is 42.9 Å². The Morgan fingerprint density at radius 1 is 1.15 bits per heavy atom. The first kappa shape index (κ1) is 16.6. The molecule has 0 saturated heterocycles. The quantitative estimate of drug-likeness (QED) is 0.638. The smallest absolute Gasteiger partial charge is 0.271 e. The molecule has 1 saturated carbocycles. The van der Waals surface area contributed by atoms with Crippen LogP contribution in [-0.2, 0) is 6.42 Å². The third-order valence-electron chi connectivity index (χ3n) is 4.95. The normalized spacial score (nSPS) is 14.6. The molecular weight excluding hydrogens is 326 g/mol. The molecule has 0 spiro atoms. The van der Waals surface area contributed by atoms with Crippen LogP contribution in [-0.4, -0.2) is 33.4 Å². The van der Waals surface area contributed by atoms with Crippen LogP contribution in [0.2, 0.25) is 0 Å². The van der Waals surface area contributed by atoms with Crippen molar-refractivity contribution >= 4 is 22.6 Å². The number of fused-ring (bicyclic) bond motifs is 1. The molecule has 134 valence electrons. The summed E-state index contributed by atoms with van der Waals surface area (Å²) in [6.07, 6.45) is 10.6. The fourth-order valence-electron chi connectivity index (χ4n) is 3.53. The Labute approximate surface area is 152 Å². The minimum atomic E-state index is -0.130. The van der Waals surface area contributed by atoms with Crippen molar-refractivity contribution in [2.45, 2.75) is 38.1 Å². The lowest BCUT2D eigenvalue weighted by atomic mass is 10.1. The highest BCUT2D eigenvalue weighted by Crippen LogP contribution is 2.19. The number of benzene rings is 1. The minimum Gasteiger partial charge on any atom is -0.368 e. The SMILES string of the molecule is O=C(NC1CCCC1)c1cnc(NCCc2c[nH]c3ccccc23)cn1. The third-order valence-corrected chi connectivity index (χ3v) is 4.95. The van der Waals surface area contributed by atoms with E-state index in [1.807, 2.05) is 12.1 Å². The topological polar surface area (TPSA) is 82.7 Å². The fraction of sp³-hybridized carbons (Fsp3) is 0.350. The van der Waals surface area contributed by atoms with Crippen LogP contribution in [0, 0.1) is 0 Å². The number of hydrogen-bond donors (Lipinski definition) is 3. The van der Waals surface area contributed by atoms with Gasteiger partial charge >= 0.3 is 0 Å². The van der Waals surface area contributed by atoms with Crippen LogP contribution in [0.5, 0.6) is 0 Å². The fourth-order valence-corrected chi connectivity index (χ4v) is 3.53. The summed E-state index contributed by atoms with van der Waals surface area (Å²) in [6.45, 7) is 0.754. The monoisotopic (exact) mass is 349 g/mol. The van der Waals surface area contributed by atoms with Crippen LogP contribution in [0.25, 0.3) is 10.9 Å². The van der Waals surface area contributed by atoms with E-state index in [-0.39, 0.29) is 5.91 Å². The highest BCUT2D eigenvalue weighted by atomic mass is 16.1. The van der Waals surface area contributed by atoms with E-state index in [1.54, 1.807) is 6.20 Å². The largest absolute Gasteiger partial charge is 0.368 e. The molecule has 1 fully saturated rings. The minimum absolute atomic E-state index is 0.130.